The average molecular weight is 250 g/mol. The molecule has 2 atom stereocenters. The van der Waals surface area contributed by atoms with Crippen molar-refractivity contribution in [2.45, 2.75) is 32.9 Å². The second-order valence-corrected chi connectivity index (χ2v) is 4.23. The van der Waals surface area contributed by atoms with E-state index < -0.39 is 6.10 Å². The Labute approximate surface area is 109 Å². The summed E-state index contributed by atoms with van der Waals surface area (Å²) in [4.78, 5) is 11.5. The Hall–Kier alpha value is -1.55. The molecule has 1 aromatic rings. The summed E-state index contributed by atoms with van der Waals surface area (Å²) in [6, 6.07) is 8.08. The Morgan fingerprint density at radius 3 is 2.39 bits per heavy atom. The third-order valence-corrected chi connectivity index (χ3v) is 2.85. The van der Waals surface area contributed by atoms with Gasteiger partial charge in [0.1, 0.15) is 5.75 Å². The molecule has 1 amide bonds. The molecule has 0 aliphatic heterocycles. The minimum absolute atomic E-state index is 0.0924. The van der Waals surface area contributed by atoms with Gasteiger partial charge < -0.3 is 15.4 Å². The Balaban J connectivity index is 2.60. The Morgan fingerprint density at radius 2 is 1.89 bits per heavy atom. The molecule has 0 heterocycles. The molecule has 0 saturated carbocycles. The molecule has 1 aromatic carbocycles. The van der Waals surface area contributed by atoms with Crippen molar-refractivity contribution in [1.82, 2.24) is 10.6 Å². The van der Waals surface area contributed by atoms with Crippen molar-refractivity contribution in [3.05, 3.63) is 29.8 Å². The largest absolute Gasteiger partial charge is 0.481 e. The summed E-state index contributed by atoms with van der Waals surface area (Å²) in [6.45, 7) is 6.34. The van der Waals surface area contributed by atoms with Crippen molar-refractivity contribution in [3.63, 3.8) is 0 Å². The van der Waals surface area contributed by atoms with Crippen LogP contribution in [0.1, 0.15) is 32.4 Å². The number of carbonyl (C=O) groups is 1. The van der Waals surface area contributed by atoms with E-state index in [0.29, 0.717) is 18.3 Å². The van der Waals surface area contributed by atoms with Gasteiger partial charge in [-0.25, -0.2) is 0 Å². The van der Waals surface area contributed by atoms with Crippen molar-refractivity contribution in [2.75, 3.05) is 13.6 Å². The van der Waals surface area contributed by atoms with Crippen LogP contribution in [0.4, 0.5) is 0 Å². The maximum atomic E-state index is 11.5. The fraction of sp³-hybridized carbons (Fsp3) is 0.500. The first-order valence-corrected chi connectivity index (χ1v) is 6.30. The minimum atomic E-state index is -0.475. The third kappa shape index (κ3) is 4.04. The van der Waals surface area contributed by atoms with Crippen LogP contribution in [0.5, 0.6) is 5.75 Å². The predicted octanol–water partition coefficient (Wildman–Crippen LogP) is 1.87. The SMILES string of the molecule is CCNC(=O)C(C)Oc1ccc(C(C)NC)cc1. The van der Waals surface area contributed by atoms with Crippen molar-refractivity contribution in [1.29, 1.82) is 0 Å². The van der Waals surface area contributed by atoms with E-state index in [-0.39, 0.29) is 5.91 Å². The highest BCUT2D eigenvalue weighted by Gasteiger charge is 2.13. The van der Waals surface area contributed by atoms with Crippen LogP contribution in [0.25, 0.3) is 0 Å². The van der Waals surface area contributed by atoms with Gasteiger partial charge in [0, 0.05) is 12.6 Å². The molecule has 0 aromatic heterocycles. The van der Waals surface area contributed by atoms with Crippen LogP contribution >= 0.6 is 0 Å². The van der Waals surface area contributed by atoms with Gasteiger partial charge in [0.15, 0.2) is 6.10 Å². The number of likely N-dealkylation sites (N-methyl/N-ethyl adjacent to an activating group) is 1. The molecule has 0 aliphatic carbocycles. The van der Waals surface area contributed by atoms with E-state index in [1.807, 2.05) is 38.2 Å². The van der Waals surface area contributed by atoms with Crippen LogP contribution in [0, 0.1) is 0 Å². The fourth-order valence-corrected chi connectivity index (χ4v) is 1.58. The van der Waals surface area contributed by atoms with Gasteiger partial charge in [0.05, 0.1) is 0 Å². The molecule has 0 saturated heterocycles. The van der Waals surface area contributed by atoms with Gasteiger partial charge in [0.2, 0.25) is 0 Å². The molecule has 0 aliphatic rings. The van der Waals surface area contributed by atoms with Crippen molar-refractivity contribution in [3.8, 4) is 5.75 Å². The lowest BCUT2D eigenvalue weighted by Crippen LogP contribution is -2.36. The summed E-state index contributed by atoms with van der Waals surface area (Å²) in [5.74, 6) is 0.617. The lowest BCUT2D eigenvalue weighted by atomic mass is 10.1. The lowest BCUT2D eigenvalue weighted by Gasteiger charge is -2.15. The van der Waals surface area contributed by atoms with E-state index in [1.165, 1.54) is 5.56 Å². The van der Waals surface area contributed by atoms with Crippen LogP contribution in [-0.4, -0.2) is 25.6 Å². The summed E-state index contributed by atoms with van der Waals surface area (Å²) >= 11 is 0. The van der Waals surface area contributed by atoms with Crippen LogP contribution in [0.2, 0.25) is 0 Å². The molecule has 1 rings (SSSR count). The van der Waals surface area contributed by atoms with Crippen molar-refractivity contribution in [2.24, 2.45) is 0 Å². The molecule has 2 unspecified atom stereocenters. The number of rotatable bonds is 6. The van der Waals surface area contributed by atoms with Crippen molar-refractivity contribution >= 4 is 5.91 Å². The first-order valence-electron chi connectivity index (χ1n) is 6.30. The standard InChI is InChI=1S/C14H22N2O2/c1-5-16-14(17)11(3)18-13-8-6-12(7-9-13)10(2)15-4/h6-11,15H,5H2,1-4H3,(H,16,17). The summed E-state index contributed by atoms with van der Waals surface area (Å²) in [5, 5.41) is 5.90. The summed E-state index contributed by atoms with van der Waals surface area (Å²) < 4.78 is 5.56. The van der Waals surface area contributed by atoms with E-state index in [9.17, 15) is 4.79 Å². The van der Waals surface area contributed by atoms with Gasteiger partial charge in [-0.2, -0.15) is 0 Å². The van der Waals surface area contributed by atoms with E-state index >= 15 is 0 Å². The summed E-state index contributed by atoms with van der Waals surface area (Å²) in [6.07, 6.45) is -0.475. The van der Waals surface area contributed by atoms with Gasteiger partial charge in [-0.1, -0.05) is 12.1 Å². The molecule has 0 spiro atoms. The number of amides is 1. The highest BCUT2D eigenvalue weighted by molar-refractivity contribution is 5.80. The van der Waals surface area contributed by atoms with Gasteiger partial charge in [-0.3, -0.25) is 4.79 Å². The first-order chi connectivity index (χ1) is 8.58. The molecule has 0 radical (unpaired) electrons. The monoisotopic (exact) mass is 250 g/mol. The minimum Gasteiger partial charge on any atom is -0.481 e. The number of ether oxygens (including phenoxy) is 1. The molecule has 0 bridgehead atoms. The van der Waals surface area contributed by atoms with E-state index in [2.05, 4.69) is 17.6 Å². The predicted molar refractivity (Wildman–Crippen MR) is 72.7 cm³/mol. The molecule has 0 fully saturated rings. The van der Waals surface area contributed by atoms with Crippen LogP contribution in [-0.2, 0) is 4.79 Å². The van der Waals surface area contributed by atoms with Gasteiger partial charge in [-0.15, -0.1) is 0 Å². The maximum Gasteiger partial charge on any atom is 0.260 e. The number of nitrogens with one attached hydrogen (secondary N) is 2. The molecule has 4 nitrogen and oxygen atoms in total. The van der Waals surface area contributed by atoms with Gasteiger partial charge >= 0.3 is 0 Å². The Kier molecular flexibility index (Phi) is 5.65. The third-order valence-electron chi connectivity index (χ3n) is 2.85. The quantitative estimate of drug-likeness (QED) is 0.810. The molecular formula is C14H22N2O2. The molecule has 100 valence electrons. The number of benzene rings is 1. The molecule has 18 heavy (non-hydrogen) atoms. The topological polar surface area (TPSA) is 50.4 Å². The zero-order valence-corrected chi connectivity index (χ0v) is 11.5. The number of carbonyl (C=O) groups excluding carboxylic acids is 1. The van der Waals surface area contributed by atoms with Gasteiger partial charge in [0.25, 0.3) is 5.91 Å². The van der Waals surface area contributed by atoms with Crippen LogP contribution in [0.3, 0.4) is 0 Å². The molecule has 4 heteroatoms. The van der Waals surface area contributed by atoms with E-state index in [4.69, 9.17) is 4.74 Å². The normalized spacial score (nSPS) is 13.8. The first kappa shape index (κ1) is 14.5. The average Bonchev–Trinajstić information content (AvgIpc) is 2.39. The zero-order chi connectivity index (χ0) is 13.5. The second-order valence-electron chi connectivity index (χ2n) is 4.23. The van der Waals surface area contributed by atoms with Crippen molar-refractivity contribution < 1.29 is 9.53 Å². The van der Waals surface area contributed by atoms with E-state index in [1.54, 1.807) is 6.92 Å². The van der Waals surface area contributed by atoms with Crippen LogP contribution in [0.15, 0.2) is 24.3 Å². The summed E-state index contributed by atoms with van der Waals surface area (Å²) in [5.41, 5.74) is 1.19. The van der Waals surface area contributed by atoms with E-state index in [0.717, 1.165) is 0 Å². The highest BCUT2D eigenvalue weighted by Crippen LogP contribution is 2.18. The number of hydrogen-bond donors (Lipinski definition) is 2. The smallest absolute Gasteiger partial charge is 0.260 e. The Morgan fingerprint density at radius 1 is 1.28 bits per heavy atom. The summed E-state index contributed by atoms with van der Waals surface area (Å²) in [7, 11) is 1.92. The van der Waals surface area contributed by atoms with Gasteiger partial charge in [-0.05, 0) is 45.5 Å². The molecule has 2 N–H and O–H groups in total. The molecular weight excluding hydrogens is 228 g/mol. The Bertz CT molecular complexity index is 376. The van der Waals surface area contributed by atoms with Crippen LogP contribution < -0.4 is 15.4 Å². The fourth-order valence-electron chi connectivity index (χ4n) is 1.58. The zero-order valence-electron chi connectivity index (χ0n) is 11.5. The maximum absolute atomic E-state index is 11.5. The lowest BCUT2D eigenvalue weighted by molar-refractivity contribution is -0.127. The second kappa shape index (κ2) is 7.01. The highest BCUT2D eigenvalue weighted by atomic mass is 16.5. The number of hydrogen-bond acceptors (Lipinski definition) is 3.